The number of halogens is 1. The number of H-pyrrole nitrogens is 1. The number of nitrogens with zero attached hydrogens (tertiary/aromatic N) is 3. The summed E-state index contributed by atoms with van der Waals surface area (Å²) in [6.07, 6.45) is 2.95. The van der Waals surface area contributed by atoms with E-state index in [0.29, 0.717) is 33.0 Å². The number of nitrogens with one attached hydrogen (secondary N) is 2. The van der Waals surface area contributed by atoms with Gasteiger partial charge in [0.2, 0.25) is 5.91 Å². The van der Waals surface area contributed by atoms with Gasteiger partial charge in [0.1, 0.15) is 16.9 Å². The largest absolute Gasteiger partial charge is 0.341 e. The van der Waals surface area contributed by atoms with Crippen molar-refractivity contribution in [1.29, 1.82) is 0 Å². The molecule has 0 aliphatic carbocycles. The Balaban J connectivity index is 0.00000240. The highest BCUT2D eigenvalue weighted by Gasteiger charge is 2.15. The zero-order chi connectivity index (χ0) is 19.3. The average Bonchev–Trinajstić information content (AvgIpc) is 3.22. The van der Waals surface area contributed by atoms with Gasteiger partial charge in [0.05, 0.1) is 17.8 Å². The number of imidazole rings is 1. The molecule has 0 fully saturated rings. The highest BCUT2D eigenvalue weighted by molar-refractivity contribution is 8.00. The van der Waals surface area contributed by atoms with E-state index in [-0.39, 0.29) is 29.9 Å². The molecule has 4 aromatic rings. The second-order valence-corrected chi connectivity index (χ2v) is 6.82. The zero-order valence-corrected chi connectivity index (χ0v) is 16.7. The molecule has 146 valence electrons. The third-order valence-electron chi connectivity index (χ3n) is 4.01. The molecule has 0 atom stereocenters. The van der Waals surface area contributed by atoms with Crippen LogP contribution in [-0.4, -0.2) is 37.4 Å². The summed E-state index contributed by atoms with van der Waals surface area (Å²) in [6, 6.07) is 16.0. The fraction of sp³-hybridized carbons (Fsp3) is 0.0500. The maximum absolute atomic E-state index is 12.8. The molecule has 7 nitrogen and oxygen atoms in total. The molecule has 0 aliphatic rings. The smallest absolute Gasteiger partial charge is 0.234 e. The predicted molar refractivity (Wildman–Crippen MR) is 115 cm³/mol. The van der Waals surface area contributed by atoms with E-state index in [4.69, 9.17) is 0 Å². The summed E-state index contributed by atoms with van der Waals surface area (Å²) < 4.78 is 0. The van der Waals surface area contributed by atoms with Crippen LogP contribution in [-0.2, 0) is 4.79 Å². The number of anilines is 1. The molecule has 0 saturated carbocycles. The van der Waals surface area contributed by atoms with Crippen molar-refractivity contribution >= 4 is 52.7 Å². The first-order valence-electron chi connectivity index (χ1n) is 8.48. The maximum Gasteiger partial charge on any atom is 0.234 e. The van der Waals surface area contributed by atoms with Crippen LogP contribution < -0.4 is 5.32 Å². The summed E-state index contributed by atoms with van der Waals surface area (Å²) >= 11 is 1.27. The van der Waals surface area contributed by atoms with Crippen LogP contribution in [0.2, 0.25) is 0 Å². The van der Waals surface area contributed by atoms with Crippen molar-refractivity contribution in [2.75, 3.05) is 11.1 Å². The van der Waals surface area contributed by atoms with Gasteiger partial charge >= 0.3 is 0 Å². The molecular weight excluding hydrogens is 410 g/mol. The molecular formula is C20H16ClN5O2S. The van der Waals surface area contributed by atoms with E-state index in [0.717, 1.165) is 0 Å². The Labute approximate surface area is 176 Å². The number of benzene rings is 2. The first kappa shape index (κ1) is 20.5. The van der Waals surface area contributed by atoms with E-state index in [9.17, 15) is 9.59 Å². The lowest BCUT2D eigenvalue weighted by Gasteiger charge is -2.10. The average molecular weight is 426 g/mol. The van der Waals surface area contributed by atoms with E-state index >= 15 is 0 Å². The minimum absolute atomic E-state index is 0. The summed E-state index contributed by atoms with van der Waals surface area (Å²) in [7, 11) is 0. The minimum atomic E-state index is -0.232. The number of carbonyl (C=O) groups is 2. The van der Waals surface area contributed by atoms with E-state index in [1.807, 2.05) is 18.2 Å². The molecule has 0 bridgehead atoms. The molecule has 2 heterocycles. The first-order chi connectivity index (χ1) is 13.7. The van der Waals surface area contributed by atoms with Crippen molar-refractivity contribution in [1.82, 2.24) is 19.9 Å². The molecule has 0 spiro atoms. The number of ketones is 1. The van der Waals surface area contributed by atoms with Crippen molar-refractivity contribution in [3.8, 4) is 0 Å². The molecule has 29 heavy (non-hydrogen) atoms. The summed E-state index contributed by atoms with van der Waals surface area (Å²) in [6.45, 7) is 0. The number of rotatable bonds is 6. The summed E-state index contributed by atoms with van der Waals surface area (Å²) in [5.41, 5.74) is 2.75. The normalized spacial score (nSPS) is 10.3. The SMILES string of the molecule is Cl.O=C(CSc1ncnc2nc[nH]c12)Nc1ccccc1C(=O)c1ccccc1. The fourth-order valence-electron chi connectivity index (χ4n) is 2.71. The molecule has 2 aromatic heterocycles. The van der Waals surface area contributed by atoms with Gasteiger partial charge in [-0.1, -0.05) is 54.2 Å². The molecule has 9 heteroatoms. The molecule has 0 saturated heterocycles. The first-order valence-corrected chi connectivity index (χ1v) is 9.46. The number of hydrogen-bond donors (Lipinski definition) is 2. The second kappa shape index (κ2) is 9.31. The molecule has 1 amide bonds. The van der Waals surface area contributed by atoms with Crippen molar-refractivity contribution in [2.45, 2.75) is 5.03 Å². The number of aromatic amines is 1. The summed E-state index contributed by atoms with van der Waals surface area (Å²) in [5.74, 6) is -0.234. The van der Waals surface area contributed by atoms with Gasteiger partial charge in [0, 0.05) is 11.1 Å². The molecule has 0 aliphatic heterocycles. The van der Waals surface area contributed by atoms with Gasteiger partial charge in [-0.2, -0.15) is 0 Å². The summed E-state index contributed by atoms with van der Waals surface area (Å²) in [4.78, 5) is 40.5. The van der Waals surface area contributed by atoms with Crippen LogP contribution in [0, 0.1) is 0 Å². The third kappa shape index (κ3) is 4.61. The Morgan fingerprint density at radius 3 is 2.55 bits per heavy atom. The van der Waals surface area contributed by atoms with Gasteiger partial charge in [-0.3, -0.25) is 9.59 Å². The molecule has 2 N–H and O–H groups in total. The van der Waals surface area contributed by atoms with E-state index in [1.165, 1.54) is 24.4 Å². The van der Waals surface area contributed by atoms with Crippen LogP contribution in [0.5, 0.6) is 0 Å². The summed E-state index contributed by atoms with van der Waals surface area (Å²) in [5, 5.41) is 3.47. The lowest BCUT2D eigenvalue weighted by Crippen LogP contribution is -2.17. The molecule has 0 radical (unpaired) electrons. The van der Waals surface area contributed by atoms with Crippen molar-refractivity contribution in [3.05, 3.63) is 78.4 Å². The van der Waals surface area contributed by atoms with Gasteiger partial charge in [-0.05, 0) is 12.1 Å². The van der Waals surface area contributed by atoms with Gasteiger partial charge in [0.15, 0.2) is 11.4 Å². The fourth-order valence-corrected chi connectivity index (χ4v) is 3.46. The number of amides is 1. The minimum Gasteiger partial charge on any atom is -0.341 e. The van der Waals surface area contributed by atoms with Crippen molar-refractivity contribution < 1.29 is 9.59 Å². The number of fused-ring (bicyclic) bond motifs is 1. The zero-order valence-electron chi connectivity index (χ0n) is 15.0. The van der Waals surface area contributed by atoms with Gasteiger partial charge < -0.3 is 10.3 Å². The Kier molecular flexibility index (Phi) is 6.58. The molecule has 2 aromatic carbocycles. The Morgan fingerprint density at radius 1 is 0.966 bits per heavy atom. The standard InChI is InChI=1S/C20H15N5O2S.ClH/c26-16(10-28-20-17-19(22-11-21-17)23-12-24-20)25-15-9-5-4-8-14(15)18(27)13-6-2-1-3-7-13;/h1-9,11-12H,10H2,(H,25,26)(H,21,22,23,24);1H. The van der Waals surface area contributed by atoms with Crippen molar-refractivity contribution in [3.63, 3.8) is 0 Å². The Morgan fingerprint density at radius 2 is 1.72 bits per heavy atom. The quantitative estimate of drug-likeness (QED) is 0.277. The maximum atomic E-state index is 12.8. The number of hydrogen-bond acceptors (Lipinski definition) is 6. The lowest BCUT2D eigenvalue weighted by molar-refractivity contribution is -0.113. The van der Waals surface area contributed by atoms with E-state index < -0.39 is 0 Å². The number of aromatic nitrogens is 4. The Bertz CT molecular complexity index is 1150. The monoisotopic (exact) mass is 425 g/mol. The highest BCUT2D eigenvalue weighted by atomic mass is 35.5. The third-order valence-corrected chi connectivity index (χ3v) is 5.00. The van der Waals surface area contributed by atoms with Gasteiger partial charge in [-0.15, -0.1) is 12.4 Å². The predicted octanol–water partition coefficient (Wildman–Crippen LogP) is 3.74. The number of thioether (sulfide) groups is 1. The number of carbonyl (C=O) groups excluding carboxylic acids is 2. The van der Waals surface area contributed by atoms with E-state index in [1.54, 1.807) is 36.4 Å². The van der Waals surface area contributed by atoms with E-state index in [2.05, 4.69) is 25.3 Å². The van der Waals surface area contributed by atoms with Gasteiger partial charge in [-0.25, -0.2) is 15.0 Å². The van der Waals surface area contributed by atoms with Crippen LogP contribution >= 0.6 is 24.2 Å². The molecule has 4 rings (SSSR count). The van der Waals surface area contributed by atoms with Crippen LogP contribution in [0.15, 0.2) is 72.3 Å². The van der Waals surface area contributed by atoms with Crippen LogP contribution in [0.3, 0.4) is 0 Å². The topological polar surface area (TPSA) is 101 Å². The van der Waals surface area contributed by atoms with Crippen LogP contribution in [0.4, 0.5) is 5.69 Å². The Hall–Kier alpha value is -3.23. The highest BCUT2D eigenvalue weighted by Crippen LogP contribution is 2.23. The lowest BCUT2D eigenvalue weighted by atomic mass is 10.0. The van der Waals surface area contributed by atoms with Crippen LogP contribution in [0.1, 0.15) is 15.9 Å². The molecule has 0 unspecified atom stereocenters. The number of para-hydroxylation sites is 1. The second-order valence-electron chi connectivity index (χ2n) is 5.86. The van der Waals surface area contributed by atoms with Crippen molar-refractivity contribution in [2.24, 2.45) is 0 Å². The van der Waals surface area contributed by atoms with Gasteiger partial charge in [0.25, 0.3) is 0 Å². The van der Waals surface area contributed by atoms with Crippen LogP contribution in [0.25, 0.3) is 11.2 Å².